The summed E-state index contributed by atoms with van der Waals surface area (Å²) in [6.07, 6.45) is 6.25. The Hall–Kier alpha value is -1.84. The topological polar surface area (TPSA) is 64.9 Å². The Balaban J connectivity index is 2.55. The van der Waals surface area contributed by atoms with Crippen LogP contribution in [0.3, 0.4) is 0 Å². The highest BCUT2D eigenvalue weighted by Gasteiger charge is 2.04. The van der Waals surface area contributed by atoms with Crippen molar-refractivity contribution in [2.75, 3.05) is 5.73 Å². The lowest BCUT2D eigenvalue weighted by Crippen LogP contribution is -1.89. The minimum Gasteiger partial charge on any atom is -0.443 e. The van der Waals surface area contributed by atoms with Crippen molar-refractivity contribution in [3.8, 4) is 11.3 Å². The van der Waals surface area contributed by atoms with Gasteiger partial charge in [-0.15, -0.1) is 0 Å². The molecule has 0 saturated heterocycles. The number of hydrogen-bond acceptors (Lipinski definition) is 4. The van der Waals surface area contributed by atoms with E-state index in [4.69, 9.17) is 10.2 Å². The predicted molar refractivity (Wildman–Crippen MR) is 44.1 cm³/mol. The molecule has 0 saturated carbocycles. The number of aromatic nitrogens is 2. The lowest BCUT2D eigenvalue weighted by Gasteiger charge is -1.98. The monoisotopic (exact) mass is 161 g/mol. The first-order valence-electron chi connectivity index (χ1n) is 3.46. The Bertz CT molecular complexity index is 370. The van der Waals surface area contributed by atoms with E-state index in [-0.39, 0.29) is 0 Å². The van der Waals surface area contributed by atoms with Crippen molar-refractivity contribution in [3.63, 3.8) is 0 Å². The third-order valence-electron chi connectivity index (χ3n) is 1.55. The number of anilines is 1. The van der Waals surface area contributed by atoms with Gasteiger partial charge in [0, 0.05) is 18.1 Å². The summed E-state index contributed by atoms with van der Waals surface area (Å²) in [6, 6.07) is 1.72. The first-order valence-corrected chi connectivity index (χ1v) is 3.46. The standard InChI is InChI=1S/C8H7N3O/c9-7-1-2-10-3-6(7)8-4-11-5-12-8/h1-5H,(H2,9,10). The summed E-state index contributed by atoms with van der Waals surface area (Å²) in [5, 5.41) is 0. The largest absolute Gasteiger partial charge is 0.443 e. The van der Waals surface area contributed by atoms with Crippen LogP contribution < -0.4 is 5.73 Å². The van der Waals surface area contributed by atoms with E-state index in [0.29, 0.717) is 11.4 Å². The van der Waals surface area contributed by atoms with Gasteiger partial charge in [0.05, 0.1) is 11.8 Å². The van der Waals surface area contributed by atoms with Crippen molar-refractivity contribution in [1.82, 2.24) is 9.97 Å². The highest BCUT2D eigenvalue weighted by Crippen LogP contribution is 2.23. The van der Waals surface area contributed by atoms with Crippen molar-refractivity contribution in [1.29, 1.82) is 0 Å². The molecular formula is C8H7N3O. The van der Waals surface area contributed by atoms with E-state index < -0.39 is 0 Å². The van der Waals surface area contributed by atoms with Gasteiger partial charge in [-0.2, -0.15) is 0 Å². The Labute approximate surface area is 69.1 Å². The smallest absolute Gasteiger partial charge is 0.181 e. The van der Waals surface area contributed by atoms with Crippen LogP contribution in [-0.4, -0.2) is 9.97 Å². The van der Waals surface area contributed by atoms with Crippen LogP contribution in [0.25, 0.3) is 11.3 Å². The van der Waals surface area contributed by atoms with Gasteiger partial charge in [-0.25, -0.2) is 4.98 Å². The van der Waals surface area contributed by atoms with Crippen LogP contribution >= 0.6 is 0 Å². The molecule has 0 fully saturated rings. The van der Waals surface area contributed by atoms with Gasteiger partial charge in [0.1, 0.15) is 0 Å². The highest BCUT2D eigenvalue weighted by atomic mass is 16.3. The molecule has 2 aromatic rings. The molecule has 0 aliphatic carbocycles. The van der Waals surface area contributed by atoms with E-state index in [1.165, 1.54) is 6.39 Å². The Morgan fingerprint density at radius 3 is 2.83 bits per heavy atom. The molecule has 0 unspecified atom stereocenters. The number of hydrogen-bond donors (Lipinski definition) is 1. The fourth-order valence-electron chi connectivity index (χ4n) is 0.960. The fraction of sp³-hybridized carbons (Fsp3) is 0. The second kappa shape index (κ2) is 2.65. The summed E-state index contributed by atoms with van der Waals surface area (Å²) in [6.45, 7) is 0. The highest BCUT2D eigenvalue weighted by molar-refractivity contribution is 5.70. The summed E-state index contributed by atoms with van der Waals surface area (Å²) in [5.74, 6) is 0.639. The van der Waals surface area contributed by atoms with Gasteiger partial charge in [-0.3, -0.25) is 4.98 Å². The van der Waals surface area contributed by atoms with E-state index in [0.717, 1.165) is 5.56 Å². The number of oxazole rings is 1. The average Bonchev–Trinajstić information content (AvgIpc) is 2.57. The van der Waals surface area contributed by atoms with Crippen molar-refractivity contribution >= 4 is 5.69 Å². The fourth-order valence-corrected chi connectivity index (χ4v) is 0.960. The molecule has 2 heterocycles. The zero-order chi connectivity index (χ0) is 8.39. The average molecular weight is 161 g/mol. The van der Waals surface area contributed by atoms with Gasteiger partial charge < -0.3 is 10.2 Å². The lowest BCUT2D eigenvalue weighted by atomic mass is 10.2. The molecule has 0 atom stereocenters. The Morgan fingerprint density at radius 1 is 1.25 bits per heavy atom. The summed E-state index contributed by atoms with van der Waals surface area (Å²) in [4.78, 5) is 7.72. The maximum absolute atomic E-state index is 5.68. The van der Waals surface area contributed by atoms with Crippen LogP contribution in [0.2, 0.25) is 0 Å². The molecule has 0 spiro atoms. The van der Waals surface area contributed by atoms with Gasteiger partial charge in [0.2, 0.25) is 0 Å². The quantitative estimate of drug-likeness (QED) is 0.685. The van der Waals surface area contributed by atoms with E-state index in [9.17, 15) is 0 Å². The van der Waals surface area contributed by atoms with Gasteiger partial charge in [0.15, 0.2) is 12.2 Å². The molecule has 0 amide bonds. The van der Waals surface area contributed by atoms with Crippen LogP contribution in [0.15, 0.2) is 35.5 Å². The van der Waals surface area contributed by atoms with Crippen LogP contribution in [0.4, 0.5) is 5.69 Å². The van der Waals surface area contributed by atoms with Crippen LogP contribution in [0.5, 0.6) is 0 Å². The van der Waals surface area contributed by atoms with E-state index >= 15 is 0 Å². The molecular weight excluding hydrogens is 154 g/mol. The molecule has 0 bridgehead atoms. The molecule has 0 aliphatic rings. The van der Waals surface area contributed by atoms with E-state index in [2.05, 4.69) is 9.97 Å². The van der Waals surface area contributed by atoms with E-state index in [1.807, 2.05) is 0 Å². The second-order valence-corrected chi connectivity index (χ2v) is 2.33. The third kappa shape index (κ3) is 1.03. The van der Waals surface area contributed by atoms with Crippen molar-refractivity contribution in [3.05, 3.63) is 31.1 Å². The van der Waals surface area contributed by atoms with Crippen LogP contribution in [0, 0.1) is 0 Å². The predicted octanol–water partition coefficient (Wildman–Crippen LogP) is 1.32. The SMILES string of the molecule is Nc1ccncc1-c1cnco1. The molecule has 60 valence electrons. The lowest BCUT2D eigenvalue weighted by molar-refractivity contribution is 0.572. The number of nitrogen functional groups attached to an aromatic ring is 1. The molecule has 4 nitrogen and oxygen atoms in total. The Morgan fingerprint density at radius 2 is 2.17 bits per heavy atom. The molecule has 12 heavy (non-hydrogen) atoms. The molecule has 2 aromatic heterocycles. The zero-order valence-corrected chi connectivity index (χ0v) is 6.27. The van der Waals surface area contributed by atoms with E-state index in [1.54, 1.807) is 24.7 Å². The first-order chi connectivity index (χ1) is 5.88. The third-order valence-corrected chi connectivity index (χ3v) is 1.55. The molecule has 0 aliphatic heterocycles. The summed E-state index contributed by atoms with van der Waals surface area (Å²) in [7, 11) is 0. The number of pyridine rings is 1. The van der Waals surface area contributed by atoms with Crippen LogP contribution in [0.1, 0.15) is 0 Å². The molecule has 4 heteroatoms. The molecule has 2 N–H and O–H groups in total. The van der Waals surface area contributed by atoms with Gasteiger partial charge >= 0.3 is 0 Å². The minimum absolute atomic E-state index is 0.639. The summed E-state index contributed by atoms with van der Waals surface area (Å²) < 4.78 is 5.07. The minimum atomic E-state index is 0.639. The van der Waals surface area contributed by atoms with Crippen molar-refractivity contribution < 1.29 is 4.42 Å². The summed E-state index contributed by atoms with van der Waals surface area (Å²) in [5.41, 5.74) is 7.10. The van der Waals surface area contributed by atoms with Gasteiger partial charge in [0.25, 0.3) is 0 Å². The summed E-state index contributed by atoms with van der Waals surface area (Å²) >= 11 is 0. The zero-order valence-electron chi connectivity index (χ0n) is 6.27. The maximum atomic E-state index is 5.68. The molecule has 2 rings (SSSR count). The second-order valence-electron chi connectivity index (χ2n) is 2.33. The van der Waals surface area contributed by atoms with Gasteiger partial charge in [-0.05, 0) is 6.07 Å². The maximum Gasteiger partial charge on any atom is 0.181 e. The van der Waals surface area contributed by atoms with Crippen molar-refractivity contribution in [2.45, 2.75) is 0 Å². The van der Waals surface area contributed by atoms with Crippen molar-refractivity contribution in [2.24, 2.45) is 0 Å². The Kier molecular flexibility index (Phi) is 1.51. The first kappa shape index (κ1) is 6.84. The molecule has 0 radical (unpaired) electrons. The molecule has 0 aromatic carbocycles. The number of rotatable bonds is 1. The number of nitrogens with two attached hydrogens (primary N) is 1. The van der Waals surface area contributed by atoms with Gasteiger partial charge in [-0.1, -0.05) is 0 Å². The van der Waals surface area contributed by atoms with Crippen LogP contribution in [-0.2, 0) is 0 Å². The number of nitrogens with zero attached hydrogens (tertiary/aromatic N) is 2. The normalized spacial score (nSPS) is 10.0.